The highest BCUT2D eigenvalue weighted by Gasteiger charge is 2.19. The van der Waals surface area contributed by atoms with Gasteiger partial charge in [-0.25, -0.2) is 0 Å². The van der Waals surface area contributed by atoms with Gasteiger partial charge in [-0.05, 0) is 26.9 Å². The molecule has 0 rings (SSSR count). The highest BCUT2D eigenvalue weighted by molar-refractivity contribution is 4.76. The van der Waals surface area contributed by atoms with Gasteiger partial charge in [0, 0.05) is 13.1 Å². The Labute approximate surface area is 81.9 Å². The zero-order valence-electron chi connectivity index (χ0n) is 9.21. The predicted molar refractivity (Wildman–Crippen MR) is 56.7 cm³/mol. The van der Waals surface area contributed by atoms with Crippen LogP contribution >= 0.6 is 0 Å². The van der Waals surface area contributed by atoms with Crippen molar-refractivity contribution in [1.29, 1.82) is 0 Å². The Morgan fingerprint density at radius 1 is 1.38 bits per heavy atom. The number of rotatable bonds is 7. The number of nitrogens with two attached hydrogens (primary N) is 1. The zero-order chi connectivity index (χ0) is 10.3. The van der Waals surface area contributed by atoms with Crippen LogP contribution in [-0.4, -0.2) is 42.3 Å². The van der Waals surface area contributed by atoms with Gasteiger partial charge in [0.25, 0.3) is 0 Å². The maximum atomic E-state index is 9.68. The van der Waals surface area contributed by atoms with Gasteiger partial charge in [0.1, 0.15) is 0 Å². The molecule has 0 amide bonds. The minimum absolute atomic E-state index is 0.325. The SMILES string of the molecule is CCCCCN(C)CC(C)(O)CN. The van der Waals surface area contributed by atoms with Crippen molar-refractivity contribution in [2.24, 2.45) is 5.73 Å². The minimum atomic E-state index is -0.735. The van der Waals surface area contributed by atoms with E-state index in [9.17, 15) is 5.11 Å². The van der Waals surface area contributed by atoms with Crippen molar-refractivity contribution < 1.29 is 5.11 Å². The number of hydrogen-bond acceptors (Lipinski definition) is 3. The smallest absolute Gasteiger partial charge is 0.0867 e. The van der Waals surface area contributed by atoms with E-state index in [2.05, 4.69) is 11.8 Å². The fourth-order valence-corrected chi connectivity index (χ4v) is 1.36. The van der Waals surface area contributed by atoms with Gasteiger partial charge >= 0.3 is 0 Å². The summed E-state index contributed by atoms with van der Waals surface area (Å²) < 4.78 is 0. The summed E-state index contributed by atoms with van der Waals surface area (Å²) >= 11 is 0. The molecule has 1 unspecified atom stereocenters. The maximum absolute atomic E-state index is 9.68. The molecule has 0 aliphatic rings. The molecular weight excluding hydrogens is 164 g/mol. The van der Waals surface area contributed by atoms with Crippen molar-refractivity contribution in [2.45, 2.75) is 38.7 Å². The summed E-state index contributed by atoms with van der Waals surface area (Å²) in [7, 11) is 2.03. The van der Waals surface area contributed by atoms with Crippen LogP contribution in [0.5, 0.6) is 0 Å². The molecule has 13 heavy (non-hydrogen) atoms. The summed E-state index contributed by atoms with van der Waals surface area (Å²) in [5.41, 5.74) is 4.70. The van der Waals surface area contributed by atoms with Crippen LogP contribution in [0.2, 0.25) is 0 Å². The molecule has 0 aromatic rings. The number of aliphatic hydroxyl groups is 1. The van der Waals surface area contributed by atoms with Crippen LogP contribution in [0.25, 0.3) is 0 Å². The molecule has 0 spiro atoms. The van der Waals surface area contributed by atoms with E-state index in [1.165, 1.54) is 19.3 Å². The topological polar surface area (TPSA) is 49.5 Å². The van der Waals surface area contributed by atoms with Crippen LogP contribution in [0, 0.1) is 0 Å². The fourth-order valence-electron chi connectivity index (χ4n) is 1.36. The summed E-state index contributed by atoms with van der Waals surface area (Å²) in [6.07, 6.45) is 3.70. The molecule has 3 heteroatoms. The molecule has 0 heterocycles. The minimum Gasteiger partial charge on any atom is -0.388 e. The van der Waals surface area contributed by atoms with E-state index in [1.54, 1.807) is 6.92 Å². The summed E-state index contributed by atoms with van der Waals surface area (Å²) in [5.74, 6) is 0. The monoisotopic (exact) mass is 188 g/mol. The Balaban J connectivity index is 3.55. The quantitative estimate of drug-likeness (QED) is 0.582. The first-order valence-electron chi connectivity index (χ1n) is 5.13. The molecule has 1 atom stereocenters. The van der Waals surface area contributed by atoms with Crippen LogP contribution in [0.4, 0.5) is 0 Å². The first kappa shape index (κ1) is 12.9. The molecule has 0 aromatic carbocycles. The Kier molecular flexibility index (Phi) is 6.29. The first-order valence-corrected chi connectivity index (χ1v) is 5.13. The van der Waals surface area contributed by atoms with Gasteiger partial charge < -0.3 is 15.7 Å². The highest BCUT2D eigenvalue weighted by atomic mass is 16.3. The van der Waals surface area contributed by atoms with E-state index < -0.39 is 5.60 Å². The van der Waals surface area contributed by atoms with E-state index in [4.69, 9.17) is 5.73 Å². The highest BCUT2D eigenvalue weighted by Crippen LogP contribution is 2.04. The van der Waals surface area contributed by atoms with E-state index in [0.29, 0.717) is 13.1 Å². The molecule has 0 saturated heterocycles. The summed E-state index contributed by atoms with van der Waals surface area (Å²) in [5, 5.41) is 9.68. The molecule has 0 radical (unpaired) electrons. The van der Waals surface area contributed by atoms with Crippen molar-refractivity contribution in [3.63, 3.8) is 0 Å². The van der Waals surface area contributed by atoms with E-state index in [-0.39, 0.29) is 0 Å². The molecular formula is C10H24N2O. The third-order valence-electron chi connectivity index (χ3n) is 2.19. The molecule has 3 N–H and O–H groups in total. The Bertz CT molecular complexity index is 126. The van der Waals surface area contributed by atoms with Gasteiger partial charge in [-0.2, -0.15) is 0 Å². The maximum Gasteiger partial charge on any atom is 0.0867 e. The summed E-state index contributed by atoms with van der Waals surface area (Å²) in [6, 6.07) is 0. The summed E-state index contributed by atoms with van der Waals surface area (Å²) in [6.45, 7) is 6.00. The third-order valence-corrected chi connectivity index (χ3v) is 2.19. The number of likely N-dealkylation sites (N-methyl/N-ethyl adjacent to an activating group) is 1. The molecule has 0 fully saturated rings. The standard InChI is InChI=1S/C10H24N2O/c1-4-5-6-7-12(3)9-10(2,13)8-11/h13H,4-9,11H2,1-3H3. The molecule has 3 nitrogen and oxygen atoms in total. The van der Waals surface area contributed by atoms with E-state index in [0.717, 1.165) is 6.54 Å². The van der Waals surface area contributed by atoms with Crippen molar-refractivity contribution in [3.8, 4) is 0 Å². The Morgan fingerprint density at radius 2 is 2.00 bits per heavy atom. The van der Waals surface area contributed by atoms with Crippen LogP contribution in [-0.2, 0) is 0 Å². The lowest BCUT2D eigenvalue weighted by molar-refractivity contribution is 0.0348. The van der Waals surface area contributed by atoms with Gasteiger partial charge in [-0.1, -0.05) is 19.8 Å². The average molecular weight is 188 g/mol. The van der Waals surface area contributed by atoms with Gasteiger partial charge in [0.15, 0.2) is 0 Å². The number of unbranched alkanes of at least 4 members (excludes halogenated alkanes) is 2. The van der Waals surface area contributed by atoms with Gasteiger partial charge in [0.05, 0.1) is 5.60 Å². The third kappa shape index (κ3) is 6.99. The van der Waals surface area contributed by atoms with Crippen molar-refractivity contribution in [3.05, 3.63) is 0 Å². The normalized spacial score (nSPS) is 16.2. The van der Waals surface area contributed by atoms with Crippen LogP contribution in [0.3, 0.4) is 0 Å². The Hall–Kier alpha value is -0.120. The number of hydrogen-bond donors (Lipinski definition) is 2. The largest absolute Gasteiger partial charge is 0.388 e. The lowest BCUT2D eigenvalue weighted by Crippen LogP contribution is -2.44. The average Bonchev–Trinajstić information content (AvgIpc) is 2.04. The van der Waals surface area contributed by atoms with Gasteiger partial charge in [-0.3, -0.25) is 0 Å². The van der Waals surface area contributed by atoms with Crippen molar-refractivity contribution >= 4 is 0 Å². The zero-order valence-corrected chi connectivity index (χ0v) is 9.21. The summed E-state index contributed by atoms with van der Waals surface area (Å²) in [4.78, 5) is 2.14. The second kappa shape index (κ2) is 6.35. The Morgan fingerprint density at radius 3 is 2.46 bits per heavy atom. The number of nitrogens with zero attached hydrogens (tertiary/aromatic N) is 1. The molecule has 0 aliphatic carbocycles. The fraction of sp³-hybridized carbons (Fsp3) is 1.00. The molecule has 0 aliphatic heterocycles. The van der Waals surface area contributed by atoms with Crippen LogP contribution in [0.1, 0.15) is 33.1 Å². The van der Waals surface area contributed by atoms with Crippen LogP contribution < -0.4 is 5.73 Å². The first-order chi connectivity index (χ1) is 6.02. The predicted octanol–water partition coefficient (Wildman–Crippen LogP) is 0.818. The van der Waals surface area contributed by atoms with Crippen LogP contribution in [0.15, 0.2) is 0 Å². The van der Waals surface area contributed by atoms with Gasteiger partial charge in [-0.15, -0.1) is 0 Å². The van der Waals surface area contributed by atoms with Crippen molar-refractivity contribution in [2.75, 3.05) is 26.7 Å². The van der Waals surface area contributed by atoms with Gasteiger partial charge in [0.2, 0.25) is 0 Å². The van der Waals surface area contributed by atoms with Crippen molar-refractivity contribution in [1.82, 2.24) is 4.90 Å². The molecule has 0 bridgehead atoms. The van der Waals surface area contributed by atoms with E-state index >= 15 is 0 Å². The lowest BCUT2D eigenvalue weighted by Gasteiger charge is -2.27. The molecule has 0 saturated carbocycles. The van der Waals surface area contributed by atoms with E-state index in [1.807, 2.05) is 7.05 Å². The second-order valence-electron chi connectivity index (χ2n) is 4.15. The molecule has 80 valence electrons. The second-order valence-corrected chi connectivity index (χ2v) is 4.15. The molecule has 0 aromatic heterocycles. The lowest BCUT2D eigenvalue weighted by atomic mass is 10.1.